The molecule has 1 atom stereocenters. The number of hydrogen-bond acceptors (Lipinski definition) is 3. The second-order valence-corrected chi connectivity index (χ2v) is 8.68. The van der Waals surface area contributed by atoms with E-state index < -0.39 is 6.10 Å². The van der Waals surface area contributed by atoms with E-state index in [1.54, 1.807) is 0 Å². The molecule has 4 heteroatoms. The minimum absolute atomic E-state index is 0.121. The molecule has 0 bridgehead atoms. The van der Waals surface area contributed by atoms with Gasteiger partial charge in [-0.1, -0.05) is 25.1 Å². The van der Waals surface area contributed by atoms with E-state index >= 15 is 0 Å². The smallest absolute Gasteiger partial charge is 0.263 e. The average molecular weight is 407 g/mol. The lowest BCUT2D eigenvalue weighted by atomic mass is 9.92. The van der Waals surface area contributed by atoms with Crippen LogP contribution in [0.3, 0.4) is 0 Å². The summed E-state index contributed by atoms with van der Waals surface area (Å²) in [6.45, 7) is 9.60. The van der Waals surface area contributed by atoms with Crippen molar-refractivity contribution in [2.75, 3.05) is 31.1 Å². The number of carbonyl (C=O) groups excluding carboxylic acids is 1. The number of benzene rings is 2. The van der Waals surface area contributed by atoms with E-state index in [1.807, 2.05) is 17.9 Å². The highest BCUT2D eigenvalue weighted by Crippen LogP contribution is 2.27. The zero-order valence-corrected chi connectivity index (χ0v) is 18.6. The van der Waals surface area contributed by atoms with Gasteiger partial charge in [-0.05, 0) is 86.4 Å². The fourth-order valence-electron chi connectivity index (χ4n) is 4.71. The van der Waals surface area contributed by atoms with E-state index in [-0.39, 0.29) is 5.91 Å². The van der Waals surface area contributed by atoms with E-state index in [1.165, 1.54) is 40.8 Å². The number of fused-ring (bicyclic) bond motifs is 1. The van der Waals surface area contributed by atoms with Crippen LogP contribution in [0.25, 0.3) is 0 Å². The summed E-state index contributed by atoms with van der Waals surface area (Å²) >= 11 is 0. The zero-order chi connectivity index (χ0) is 21.1. The molecule has 1 aliphatic carbocycles. The van der Waals surface area contributed by atoms with Gasteiger partial charge in [-0.25, -0.2) is 0 Å². The summed E-state index contributed by atoms with van der Waals surface area (Å²) in [6, 6.07) is 12.8. The molecule has 30 heavy (non-hydrogen) atoms. The topological polar surface area (TPSA) is 32.8 Å². The first kappa shape index (κ1) is 20.8. The fraction of sp³-hybridized carbons (Fsp3) is 0.500. The van der Waals surface area contributed by atoms with Gasteiger partial charge in [-0.15, -0.1) is 0 Å². The number of hydrogen-bond donors (Lipinski definition) is 0. The van der Waals surface area contributed by atoms with Gasteiger partial charge < -0.3 is 14.5 Å². The van der Waals surface area contributed by atoms with E-state index in [4.69, 9.17) is 4.74 Å². The van der Waals surface area contributed by atoms with Crippen LogP contribution in [-0.2, 0) is 17.6 Å². The highest BCUT2D eigenvalue weighted by atomic mass is 16.5. The van der Waals surface area contributed by atoms with Crippen LogP contribution in [0.4, 0.5) is 5.69 Å². The fourth-order valence-corrected chi connectivity index (χ4v) is 4.71. The van der Waals surface area contributed by atoms with Crippen molar-refractivity contribution < 1.29 is 9.53 Å². The number of anilines is 1. The van der Waals surface area contributed by atoms with Crippen molar-refractivity contribution >= 4 is 11.6 Å². The first-order chi connectivity index (χ1) is 14.6. The molecule has 0 aromatic heterocycles. The number of amides is 1. The van der Waals surface area contributed by atoms with Gasteiger partial charge in [-0.2, -0.15) is 0 Å². The predicted octanol–water partition coefficient (Wildman–Crippen LogP) is 4.69. The molecule has 0 radical (unpaired) electrons. The van der Waals surface area contributed by atoms with Crippen molar-refractivity contribution in [3.63, 3.8) is 0 Å². The number of carbonyl (C=O) groups is 1. The standard InChI is InChI=1S/C26H34N2O2/c1-4-25(30-23-13-12-21-9-5-6-10-22(21)18-23)26(29)28-16-14-27(15-17-28)24-11-7-8-19(2)20(24)3/h7-8,11-13,18,25H,4-6,9-10,14-17H2,1-3H3/t25-/m0/s1. The van der Waals surface area contributed by atoms with Crippen LogP contribution in [0.1, 0.15) is 48.4 Å². The summed E-state index contributed by atoms with van der Waals surface area (Å²) in [4.78, 5) is 17.5. The van der Waals surface area contributed by atoms with Crippen molar-refractivity contribution in [2.24, 2.45) is 0 Å². The molecule has 0 unspecified atom stereocenters. The first-order valence-electron chi connectivity index (χ1n) is 11.4. The summed E-state index contributed by atoms with van der Waals surface area (Å²) < 4.78 is 6.19. The molecule has 4 nitrogen and oxygen atoms in total. The Balaban J connectivity index is 1.38. The van der Waals surface area contributed by atoms with Crippen LogP contribution in [-0.4, -0.2) is 43.1 Å². The Bertz CT molecular complexity index is 900. The van der Waals surface area contributed by atoms with Crippen LogP contribution in [0.15, 0.2) is 36.4 Å². The average Bonchev–Trinajstić information content (AvgIpc) is 2.79. The van der Waals surface area contributed by atoms with Gasteiger partial charge in [0, 0.05) is 31.9 Å². The number of ether oxygens (including phenoxy) is 1. The number of piperazine rings is 1. The van der Waals surface area contributed by atoms with Crippen LogP contribution >= 0.6 is 0 Å². The minimum Gasteiger partial charge on any atom is -0.481 e. The summed E-state index contributed by atoms with van der Waals surface area (Å²) in [5.74, 6) is 0.959. The largest absolute Gasteiger partial charge is 0.481 e. The molecule has 2 aromatic rings. The van der Waals surface area contributed by atoms with Gasteiger partial charge in [0.1, 0.15) is 5.75 Å². The molecule has 1 aliphatic heterocycles. The third-order valence-electron chi connectivity index (χ3n) is 6.75. The molecule has 0 saturated carbocycles. The van der Waals surface area contributed by atoms with Crippen LogP contribution < -0.4 is 9.64 Å². The van der Waals surface area contributed by atoms with Crippen molar-refractivity contribution in [2.45, 2.75) is 59.0 Å². The Labute approximate surface area is 180 Å². The molecule has 0 spiro atoms. The third kappa shape index (κ3) is 4.33. The second kappa shape index (κ2) is 9.11. The Morgan fingerprint density at radius 1 is 1.00 bits per heavy atom. The predicted molar refractivity (Wildman–Crippen MR) is 123 cm³/mol. The molecule has 0 N–H and O–H groups in total. The summed E-state index contributed by atoms with van der Waals surface area (Å²) in [6.07, 6.45) is 5.09. The van der Waals surface area contributed by atoms with Crippen LogP contribution in [0, 0.1) is 13.8 Å². The summed E-state index contributed by atoms with van der Waals surface area (Å²) in [7, 11) is 0. The van der Waals surface area contributed by atoms with Crippen LogP contribution in [0.2, 0.25) is 0 Å². The van der Waals surface area contributed by atoms with E-state index in [0.29, 0.717) is 6.42 Å². The monoisotopic (exact) mass is 406 g/mol. The molecule has 160 valence electrons. The molecule has 4 rings (SSSR count). The maximum absolute atomic E-state index is 13.2. The van der Waals surface area contributed by atoms with E-state index in [0.717, 1.165) is 44.8 Å². The maximum atomic E-state index is 13.2. The van der Waals surface area contributed by atoms with Gasteiger partial charge in [-0.3, -0.25) is 4.79 Å². The molecule has 1 saturated heterocycles. The van der Waals surface area contributed by atoms with Gasteiger partial charge in [0.15, 0.2) is 6.10 Å². The Morgan fingerprint density at radius 2 is 1.73 bits per heavy atom. The SMILES string of the molecule is CC[C@H](Oc1ccc2c(c1)CCCC2)C(=O)N1CCN(c2cccc(C)c2C)CC1. The van der Waals surface area contributed by atoms with Crippen molar-refractivity contribution in [3.05, 3.63) is 58.7 Å². The molecule has 2 aromatic carbocycles. The molecular weight excluding hydrogens is 372 g/mol. The number of aryl methyl sites for hydroxylation is 3. The number of rotatable bonds is 5. The highest BCUT2D eigenvalue weighted by Gasteiger charge is 2.28. The second-order valence-electron chi connectivity index (χ2n) is 8.68. The Morgan fingerprint density at radius 3 is 2.47 bits per heavy atom. The lowest BCUT2D eigenvalue weighted by Crippen LogP contribution is -2.52. The highest BCUT2D eigenvalue weighted by molar-refractivity contribution is 5.81. The van der Waals surface area contributed by atoms with Gasteiger partial charge >= 0.3 is 0 Å². The van der Waals surface area contributed by atoms with E-state index in [2.05, 4.69) is 49.1 Å². The maximum Gasteiger partial charge on any atom is 0.263 e. The molecular formula is C26H34N2O2. The normalized spacial score (nSPS) is 17.4. The lowest BCUT2D eigenvalue weighted by molar-refractivity contribution is -0.139. The van der Waals surface area contributed by atoms with Gasteiger partial charge in [0.05, 0.1) is 0 Å². The molecule has 1 heterocycles. The quantitative estimate of drug-likeness (QED) is 0.722. The lowest BCUT2D eigenvalue weighted by Gasteiger charge is -2.38. The number of nitrogens with zero attached hydrogens (tertiary/aromatic N) is 2. The third-order valence-corrected chi connectivity index (χ3v) is 6.75. The van der Waals surface area contributed by atoms with Crippen molar-refractivity contribution in [3.8, 4) is 5.75 Å². The Hall–Kier alpha value is -2.49. The minimum atomic E-state index is -0.404. The summed E-state index contributed by atoms with van der Waals surface area (Å²) in [5, 5.41) is 0. The zero-order valence-electron chi connectivity index (χ0n) is 18.6. The van der Waals surface area contributed by atoms with Crippen molar-refractivity contribution in [1.29, 1.82) is 0 Å². The summed E-state index contributed by atoms with van der Waals surface area (Å²) in [5.41, 5.74) is 6.77. The van der Waals surface area contributed by atoms with Gasteiger partial charge in [0.2, 0.25) is 0 Å². The first-order valence-corrected chi connectivity index (χ1v) is 11.4. The van der Waals surface area contributed by atoms with Gasteiger partial charge in [0.25, 0.3) is 5.91 Å². The van der Waals surface area contributed by atoms with Crippen molar-refractivity contribution in [1.82, 2.24) is 4.90 Å². The molecule has 1 fully saturated rings. The van der Waals surface area contributed by atoms with E-state index in [9.17, 15) is 4.79 Å². The molecule has 2 aliphatic rings. The molecule has 1 amide bonds. The Kier molecular flexibility index (Phi) is 6.31. The van der Waals surface area contributed by atoms with Crippen LogP contribution in [0.5, 0.6) is 5.75 Å².